The molecule has 3 aromatic rings. The monoisotopic (exact) mass is 517 g/mol. The van der Waals surface area contributed by atoms with Crippen LogP contribution < -0.4 is 30.2 Å². The molecular formula is C29H31N3O6. The zero-order chi connectivity index (χ0) is 26.9. The summed E-state index contributed by atoms with van der Waals surface area (Å²) in [5.41, 5.74) is 1.77. The Morgan fingerprint density at radius 3 is 2.24 bits per heavy atom. The van der Waals surface area contributed by atoms with E-state index in [-0.39, 0.29) is 24.7 Å². The summed E-state index contributed by atoms with van der Waals surface area (Å²) >= 11 is 0. The molecule has 38 heavy (non-hydrogen) atoms. The van der Waals surface area contributed by atoms with Gasteiger partial charge in [-0.15, -0.1) is 0 Å². The first-order valence-corrected chi connectivity index (χ1v) is 12.3. The molecular weight excluding hydrogens is 486 g/mol. The van der Waals surface area contributed by atoms with Crippen LogP contribution in [0.15, 0.2) is 78.9 Å². The molecule has 3 aromatic carbocycles. The van der Waals surface area contributed by atoms with Gasteiger partial charge in [0.25, 0.3) is 5.91 Å². The molecule has 0 aliphatic carbocycles. The van der Waals surface area contributed by atoms with Gasteiger partial charge in [0, 0.05) is 12.8 Å². The van der Waals surface area contributed by atoms with Crippen LogP contribution in [0.1, 0.15) is 17.5 Å². The highest BCUT2D eigenvalue weighted by Crippen LogP contribution is 2.28. The molecule has 0 unspecified atom stereocenters. The fourth-order valence-electron chi connectivity index (χ4n) is 4.11. The van der Waals surface area contributed by atoms with E-state index < -0.39 is 24.2 Å². The number of methoxy groups -OCH3 is 2. The number of hydrogen-bond acceptors (Lipinski definition) is 6. The fourth-order valence-corrected chi connectivity index (χ4v) is 4.11. The predicted octanol–water partition coefficient (Wildman–Crippen LogP) is 2.38. The highest BCUT2D eigenvalue weighted by atomic mass is 16.5. The van der Waals surface area contributed by atoms with E-state index in [2.05, 4.69) is 16.0 Å². The Hall–Kier alpha value is -4.53. The molecule has 9 heteroatoms. The zero-order valence-electron chi connectivity index (χ0n) is 21.3. The van der Waals surface area contributed by atoms with Gasteiger partial charge < -0.3 is 30.2 Å². The maximum atomic E-state index is 13.4. The molecule has 1 heterocycles. The number of para-hydroxylation sites is 1. The second kappa shape index (κ2) is 12.6. The Bertz CT molecular complexity index is 1250. The highest BCUT2D eigenvalue weighted by Gasteiger charge is 2.43. The van der Waals surface area contributed by atoms with E-state index in [0.717, 1.165) is 11.1 Å². The van der Waals surface area contributed by atoms with Crippen molar-refractivity contribution in [1.82, 2.24) is 16.0 Å². The van der Waals surface area contributed by atoms with Crippen molar-refractivity contribution in [2.24, 2.45) is 0 Å². The van der Waals surface area contributed by atoms with Crippen molar-refractivity contribution < 1.29 is 28.6 Å². The van der Waals surface area contributed by atoms with Gasteiger partial charge in [0.1, 0.15) is 11.8 Å². The molecule has 9 nitrogen and oxygen atoms in total. The van der Waals surface area contributed by atoms with E-state index in [0.29, 0.717) is 23.7 Å². The van der Waals surface area contributed by atoms with Crippen molar-refractivity contribution in [1.29, 1.82) is 0 Å². The van der Waals surface area contributed by atoms with Crippen LogP contribution >= 0.6 is 0 Å². The van der Waals surface area contributed by atoms with Crippen molar-refractivity contribution in [2.75, 3.05) is 14.2 Å². The Labute approximate surface area is 221 Å². The van der Waals surface area contributed by atoms with Gasteiger partial charge >= 0.3 is 0 Å². The third-order valence-electron chi connectivity index (χ3n) is 6.20. The predicted molar refractivity (Wildman–Crippen MR) is 141 cm³/mol. The molecule has 1 aliphatic rings. The maximum Gasteiger partial charge on any atom is 0.251 e. The van der Waals surface area contributed by atoms with Crippen molar-refractivity contribution in [3.05, 3.63) is 90.0 Å². The van der Waals surface area contributed by atoms with Gasteiger partial charge in [-0.05, 0) is 41.8 Å². The average molecular weight is 518 g/mol. The minimum atomic E-state index is -0.929. The van der Waals surface area contributed by atoms with Gasteiger partial charge in [-0.1, -0.05) is 54.6 Å². The summed E-state index contributed by atoms with van der Waals surface area (Å²) in [6, 6.07) is 22.1. The standard InChI is InChI=1S/C29H31N3O6/c1-36-23-15-13-20(18-24(23)37-2)17-22(30-25(33)16-14-19-9-5-3-6-10-19)27(34)31-26-28(35)32-29(26)38-21-11-7-4-8-12-21/h3-13,15,18,22,26,29H,14,16-17H2,1-2H3,(H,30,33)(H,31,34)(H,32,35)/t22-,26+,29-/m0/s1. The molecule has 198 valence electrons. The van der Waals surface area contributed by atoms with Crippen molar-refractivity contribution in [3.8, 4) is 17.2 Å². The molecule has 1 saturated heterocycles. The summed E-state index contributed by atoms with van der Waals surface area (Å²) in [6.45, 7) is 0. The Morgan fingerprint density at radius 2 is 1.58 bits per heavy atom. The lowest BCUT2D eigenvalue weighted by molar-refractivity contribution is -0.144. The lowest BCUT2D eigenvalue weighted by atomic mass is 10.0. The van der Waals surface area contributed by atoms with Gasteiger partial charge in [-0.3, -0.25) is 14.4 Å². The number of carbonyl (C=O) groups is 3. The van der Waals surface area contributed by atoms with Gasteiger partial charge in [-0.2, -0.15) is 0 Å². The van der Waals surface area contributed by atoms with Gasteiger partial charge in [0.2, 0.25) is 18.0 Å². The van der Waals surface area contributed by atoms with E-state index in [1.807, 2.05) is 48.5 Å². The second-order valence-corrected chi connectivity index (χ2v) is 8.85. The quantitative estimate of drug-likeness (QED) is 0.318. The molecule has 1 fully saturated rings. The van der Waals surface area contributed by atoms with Crippen molar-refractivity contribution in [3.63, 3.8) is 0 Å². The molecule has 0 radical (unpaired) electrons. The van der Waals surface area contributed by atoms with Crippen LogP contribution in [-0.4, -0.2) is 50.3 Å². The summed E-state index contributed by atoms with van der Waals surface area (Å²) in [4.78, 5) is 38.5. The minimum Gasteiger partial charge on any atom is -0.493 e. The summed E-state index contributed by atoms with van der Waals surface area (Å²) in [5, 5.41) is 8.23. The second-order valence-electron chi connectivity index (χ2n) is 8.85. The number of aryl methyl sites for hydroxylation is 1. The van der Waals surface area contributed by atoms with Gasteiger partial charge in [0.15, 0.2) is 17.5 Å². The van der Waals surface area contributed by atoms with E-state index in [9.17, 15) is 14.4 Å². The van der Waals surface area contributed by atoms with Crippen LogP contribution in [0, 0.1) is 0 Å². The van der Waals surface area contributed by atoms with Crippen LogP contribution in [0.3, 0.4) is 0 Å². The van der Waals surface area contributed by atoms with E-state index >= 15 is 0 Å². The summed E-state index contributed by atoms with van der Waals surface area (Å²) in [5.74, 6) is 0.497. The first-order chi connectivity index (χ1) is 18.5. The zero-order valence-corrected chi connectivity index (χ0v) is 21.3. The number of hydrogen-bond donors (Lipinski definition) is 3. The van der Waals surface area contributed by atoms with Crippen LogP contribution in [0.5, 0.6) is 17.2 Å². The van der Waals surface area contributed by atoms with Crippen LogP contribution in [-0.2, 0) is 27.2 Å². The van der Waals surface area contributed by atoms with E-state index in [1.54, 1.807) is 37.4 Å². The molecule has 3 amide bonds. The molecule has 3 atom stereocenters. The van der Waals surface area contributed by atoms with Crippen molar-refractivity contribution >= 4 is 17.7 Å². The molecule has 4 rings (SSSR count). The van der Waals surface area contributed by atoms with Gasteiger partial charge in [0.05, 0.1) is 14.2 Å². The van der Waals surface area contributed by atoms with Crippen LogP contribution in [0.25, 0.3) is 0 Å². The number of β-lactam (4-membered cyclic amide) rings is 1. The normalized spacial score (nSPS) is 16.8. The maximum absolute atomic E-state index is 13.4. The molecule has 0 saturated carbocycles. The molecule has 0 aromatic heterocycles. The number of amides is 3. The first kappa shape index (κ1) is 26.5. The summed E-state index contributed by atoms with van der Waals surface area (Å²) in [7, 11) is 3.07. The number of nitrogens with one attached hydrogen (secondary N) is 3. The molecule has 3 N–H and O–H groups in total. The lowest BCUT2D eigenvalue weighted by Gasteiger charge is -2.37. The van der Waals surface area contributed by atoms with E-state index in [1.165, 1.54) is 7.11 Å². The third kappa shape index (κ3) is 6.82. The van der Waals surface area contributed by atoms with Crippen molar-refractivity contribution in [2.45, 2.75) is 37.6 Å². The summed E-state index contributed by atoms with van der Waals surface area (Å²) < 4.78 is 16.5. The Morgan fingerprint density at radius 1 is 0.895 bits per heavy atom. The third-order valence-corrected chi connectivity index (χ3v) is 6.20. The topological polar surface area (TPSA) is 115 Å². The highest BCUT2D eigenvalue weighted by molar-refractivity contribution is 5.95. The molecule has 1 aliphatic heterocycles. The van der Waals surface area contributed by atoms with E-state index in [4.69, 9.17) is 14.2 Å². The Kier molecular flexibility index (Phi) is 8.81. The number of ether oxygens (including phenoxy) is 3. The summed E-state index contributed by atoms with van der Waals surface area (Å²) in [6.07, 6.45) is 0.213. The van der Waals surface area contributed by atoms with Crippen LogP contribution in [0.2, 0.25) is 0 Å². The number of rotatable bonds is 12. The largest absolute Gasteiger partial charge is 0.493 e. The SMILES string of the molecule is COc1ccc(C[C@H](NC(=O)CCc2ccccc2)C(=O)N[C@@H]2C(=O)N[C@H]2Oc2ccccc2)cc1OC. The fraction of sp³-hybridized carbons (Fsp3) is 0.276. The Balaban J connectivity index is 1.46. The first-order valence-electron chi connectivity index (χ1n) is 12.3. The van der Waals surface area contributed by atoms with Gasteiger partial charge in [-0.25, -0.2) is 0 Å². The minimum absolute atomic E-state index is 0.182. The lowest BCUT2D eigenvalue weighted by Crippen LogP contribution is -2.72. The van der Waals surface area contributed by atoms with Crippen LogP contribution in [0.4, 0.5) is 0 Å². The number of carbonyl (C=O) groups excluding carboxylic acids is 3. The number of benzene rings is 3. The molecule has 0 bridgehead atoms. The smallest absolute Gasteiger partial charge is 0.251 e. The molecule has 0 spiro atoms. The average Bonchev–Trinajstić information content (AvgIpc) is 2.95.